The number of halogens is 1. The second-order valence-corrected chi connectivity index (χ2v) is 4.53. The number of rotatable bonds is 5. The van der Waals surface area contributed by atoms with Crippen molar-refractivity contribution in [1.29, 1.82) is 0 Å². The van der Waals surface area contributed by atoms with E-state index in [1.807, 2.05) is 6.92 Å². The number of anilines is 3. The molecule has 2 rings (SSSR count). The van der Waals surface area contributed by atoms with E-state index in [0.717, 1.165) is 24.1 Å². The van der Waals surface area contributed by atoms with Crippen molar-refractivity contribution in [3.63, 3.8) is 0 Å². The first-order valence-electron chi connectivity index (χ1n) is 6.50. The fraction of sp³-hybridized carbons (Fsp3) is 0.286. The van der Waals surface area contributed by atoms with E-state index in [1.54, 1.807) is 12.1 Å². The number of hydrogen-bond acceptors (Lipinski definition) is 5. The molecule has 0 saturated carbocycles. The Bertz CT molecular complexity index is 600. The van der Waals surface area contributed by atoms with Gasteiger partial charge in [-0.1, -0.05) is 6.92 Å². The molecule has 0 spiro atoms. The van der Waals surface area contributed by atoms with Crippen LogP contribution in [0.2, 0.25) is 0 Å². The van der Waals surface area contributed by atoms with Gasteiger partial charge in [0.2, 0.25) is 0 Å². The third kappa shape index (κ3) is 3.42. The van der Waals surface area contributed by atoms with Gasteiger partial charge >= 0.3 is 0 Å². The number of aromatic nitrogens is 2. The number of hydrogen-bond donors (Lipinski definition) is 3. The maximum absolute atomic E-state index is 13.1. The number of nitrogens with zero attached hydrogens (tertiary/aromatic N) is 2. The summed E-state index contributed by atoms with van der Waals surface area (Å²) in [5, 5.41) is 3.16. The van der Waals surface area contributed by atoms with Crippen LogP contribution in [0.3, 0.4) is 0 Å². The van der Waals surface area contributed by atoms with E-state index in [4.69, 9.17) is 5.84 Å². The lowest BCUT2D eigenvalue weighted by molar-refractivity contribution is 0.627. The van der Waals surface area contributed by atoms with Crippen LogP contribution in [-0.4, -0.2) is 9.97 Å². The Morgan fingerprint density at radius 1 is 1.20 bits per heavy atom. The van der Waals surface area contributed by atoms with Crippen LogP contribution in [-0.2, 0) is 6.42 Å². The Kier molecular flexibility index (Phi) is 4.47. The summed E-state index contributed by atoms with van der Waals surface area (Å²) in [5.74, 6) is 7.04. The third-order valence-electron chi connectivity index (χ3n) is 2.85. The average molecular weight is 275 g/mol. The van der Waals surface area contributed by atoms with Crippen molar-refractivity contribution >= 4 is 17.3 Å². The van der Waals surface area contributed by atoms with E-state index in [1.165, 1.54) is 12.1 Å². The molecule has 0 bridgehead atoms. The van der Waals surface area contributed by atoms with Gasteiger partial charge in [-0.05, 0) is 37.1 Å². The van der Waals surface area contributed by atoms with Crippen molar-refractivity contribution < 1.29 is 4.39 Å². The number of nitrogens with one attached hydrogen (secondary N) is 2. The van der Waals surface area contributed by atoms with Gasteiger partial charge in [-0.3, -0.25) is 0 Å². The predicted octanol–water partition coefficient (Wildman–Crippen LogP) is 2.91. The normalized spacial score (nSPS) is 10.4. The molecule has 1 aromatic carbocycles. The molecule has 0 amide bonds. The Morgan fingerprint density at radius 2 is 1.95 bits per heavy atom. The van der Waals surface area contributed by atoms with Crippen LogP contribution in [0.25, 0.3) is 0 Å². The molecule has 0 unspecified atom stereocenters. The summed E-state index contributed by atoms with van der Waals surface area (Å²) in [6.45, 7) is 3.89. The van der Waals surface area contributed by atoms with Crippen LogP contribution in [0.5, 0.6) is 0 Å². The highest BCUT2D eigenvalue weighted by molar-refractivity contribution is 5.62. The van der Waals surface area contributed by atoms with Gasteiger partial charge < -0.3 is 10.7 Å². The quantitative estimate of drug-likeness (QED) is 0.578. The van der Waals surface area contributed by atoms with Gasteiger partial charge in [-0.25, -0.2) is 20.2 Å². The zero-order valence-electron chi connectivity index (χ0n) is 11.6. The molecule has 0 aliphatic rings. The maximum Gasteiger partial charge on any atom is 0.145 e. The highest BCUT2D eigenvalue weighted by Crippen LogP contribution is 2.21. The lowest BCUT2D eigenvalue weighted by Gasteiger charge is -2.11. The lowest BCUT2D eigenvalue weighted by Crippen LogP contribution is -2.11. The molecule has 1 aromatic heterocycles. The van der Waals surface area contributed by atoms with Gasteiger partial charge in [0.15, 0.2) is 0 Å². The summed E-state index contributed by atoms with van der Waals surface area (Å²) in [7, 11) is 0. The average Bonchev–Trinajstić information content (AvgIpc) is 2.42. The SMILES string of the molecule is CCCc1nc(NN)cc(Nc2ccc(F)cc2C)n1. The van der Waals surface area contributed by atoms with E-state index in [9.17, 15) is 4.39 Å². The molecule has 0 aliphatic heterocycles. The third-order valence-corrected chi connectivity index (χ3v) is 2.85. The van der Waals surface area contributed by atoms with Crippen LogP contribution in [0.1, 0.15) is 24.7 Å². The molecule has 106 valence electrons. The summed E-state index contributed by atoms with van der Waals surface area (Å²) < 4.78 is 13.1. The molecule has 0 aliphatic carbocycles. The minimum absolute atomic E-state index is 0.258. The van der Waals surface area contributed by atoms with E-state index >= 15 is 0 Å². The first kappa shape index (κ1) is 14.2. The standard InChI is InChI=1S/C14H18FN5/c1-3-4-12-18-13(8-14(19-12)20-16)17-11-6-5-10(15)7-9(11)2/h5-8H,3-4,16H2,1-2H3,(H2,17,18,19,20). The fourth-order valence-corrected chi connectivity index (χ4v) is 1.88. The minimum Gasteiger partial charge on any atom is -0.340 e. The molecule has 0 fully saturated rings. The monoisotopic (exact) mass is 275 g/mol. The molecule has 2 aromatic rings. The first-order valence-corrected chi connectivity index (χ1v) is 6.50. The molecule has 20 heavy (non-hydrogen) atoms. The summed E-state index contributed by atoms with van der Waals surface area (Å²) in [4.78, 5) is 8.69. The van der Waals surface area contributed by atoms with E-state index in [0.29, 0.717) is 17.5 Å². The van der Waals surface area contributed by atoms with Crippen LogP contribution in [0.15, 0.2) is 24.3 Å². The fourth-order valence-electron chi connectivity index (χ4n) is 1.88. The van der Waals surface area contributed by atoms with Gasteiger partial charge in [0.1, 0.15) is 23.3 Å². The zero-order valence-corrected chi connectivity index (χ0v) is 11.6. The molecule has 0 saturated heterocycles. The molecule has 0 atom stereocenters. The highest BCUT2D eigenvalue weighted by atomic mass is 19.1. The lowest BCUT2D eigenvalue weighted by atomic mass is 10.2. The van der Waals surface area contributed by atoms with E-state index < -0.39 is 0 Å². The zero-order chi connectivity index (χ0) is 14.5. The van der Waals surface area contributed by atoms with Gasteiger partial charge in [0.25, 0.3) is 0 Å². The number of hydrazine groups is 1. The van der Waals surface area contributed by atoms with Crippen molar-refractivity contribution in [3.8, 4) is 0 Å². The van der Waals surface area contributed by atoms with Crippen molar-refractivity contribution in [3.05, 3.63) is 41.5 Å². The summed E-state index contributed by atoms with van der Waals surface area (Å²) in [5.41, 5.74) is 4.13. The van der Waals surface area contributed by atoms with Crippen LogP contribution >= 0.6 is 0 Å². The second-order valence-electron chi connectivity index (χ2n) is 4.53. The Labute approximate surface area is 117 Å². The maximum atomic E-state index is 13.1. The molecule has 0 radical (unpaired) electrons. The van der Waals surface area contributed by atoms with Crippen LogP contribution in [0.4, 0.5) is 21.7 Å². The topological polar surface area (TPSA) is 75.9 Å². The van der Waals surface area contributed by atoms with Crippen LogP contribution in [0, 0.1) is 12.7 Å². The molecular weight excluding hydrogens is 257 g/mol. The van der Waals surface area contributed by atoms with Gasteiger partial charge in [-0.15, -0.1) is 0 Å². The summed E-state index contributed by atoms with van der Waals surface area (Å²) in [6, 6.07) is 6.27. The van der Waals surface area contributed by atoms with Crippen molar-refractivity contribution in [2.45, 2.75) is 26.7 Å². The van der Waals surface area contributed by atoms with E-state index in [2.05, 4.69) is 27.6 Å². The van der Waals surface area contributed by atoms with Crippen molar-refractivity contribution in [2.24, 2.45) is 5.84 Å². The highest BCUT2D eigenvalue weighted by Gasteiger charge is 2.06. The number of benzene rings is 1. The minimum atomic E-state index is -0.258. The van der Waals surface area contributed by atoms with Gasteiger partial charge in [0.05, 0.1) is 0 Å². The Hall–Kier alpha value is -2.21. The summed E-state index contributed by atoms with van der Waals surface area (Å²) >= 11 is 0. The van der Waals surface area contributed by atoms with Crippen molar-refractivity contribution in [1.82, 2.24) is 9.97 Å². The number of aryl methyl sites for hydroxylation is 2. The largest absolute Gasteiger partial charge is 0.340 e. The van der Waals surface area contributed by atoms with Crippen LogP contribution < -0.4 is 16.6 Å². The molecule has 5 nitrogen and oxygen atoms in total. The number of nitrogens with two attached hydrogens (primary N) is 1. The molecular formula is C14H18FN5. The molecule has 4 N–H and O–H groups in total. The van der Waals surface area contributed by atoms with Gasteiger partial charge in [0, 0.05) is 18.2 Å². The number of nitrogen functional groups attached to an aromatic ring is 1. The first-order chi connectivity index (χ1) is 9.62. The van der Waals surface area contributed by atoms with Crippen molar-refractivity contribution in [2.75, 3.05) is 10.7 Å². The second kappa shape index (κ2) is 6.29. The summed E-state index contributed by atoms with van der Waals surface area (Å²) in [6.07, 6.45) is 1.72. The van der Waals surface area contributed by atoms with Gasteiger partial charge in [-0.2, -0.15) is 0 Å². The molecule has 6 heteroatoms. The molecule has 1 heterocycles. The Morgan fingerprint density at radius 3 is 2.60 bits per heavy atom. The van der Waals surface area contributed by atoms with E-state index in [-0.39, 0.29) is 5.82 Å². The predicted molar refractivity (Wildman–Crippen MR) is 78.3 cm³/mol. The smallest absolute Gasteiger partial charge is 0.145 e. The Balaban J connectivity index is 2.29.